The van der Waals surface area contributed by atoms with E-state index in [2.05, 4.69) is 4.98 Å². The number of amides is 1. The number of rotatable bonds is 7. The number of likely N-dealkylation sites (N-methyl/N-ethyl adjacent to an activating group) is 1. The molecule has 0 fully saturated rings. The minimum absolute atomic E-state index is 0.0190. The molecule has 0 saturated heterocycles. The fourth-order valence-electron chi connectivity index (χ4n) is 2.54. The number of non-ortho nitro benzene ring substituents is 1. The van der Waals surface area contributed by atoms with Crippen LogP contribution in [0, 0.1) is 10.1 Å². The largest absolute Gasteiger partial charge is 0.308 e. The van der Waals surface area contributed by atoms with Crippen molar-refractivity contribution in [2.75, 3.05) is 32.1 Å². The number of aromatic nitrogens is 1. The van der Waals surface area contributed by atoms with E-state index in [-0.39, 0.29) is 11.6 Å². The average molecular weight is 396 g/mol. The highest BCUT2D eigenvalue weighted by molar-refractivity contribution is 7.22. The molecule has 0 aliphatic rings. The molecule has 1 amide bonds. The maximum absolute atomic E-state index is 12.9. The van der Waals surface area contributed by atoms with Crippen LogP contribution in [0.5, 0.6) is 0 Å². The Bertz CT molecular complexity index is 979. The third kappa shape index (κ3) is 4.79. The highest BCUT2D eigenvalue weighted by Crippen LogP contribution is 2.28. The number of para-hydroxylation sites is 1. The molecule has 0 radical (unpaired) electrons. The third-order valence-electron chi connectivity index (χ3n) is 4.07. The number of hydrogen-bond donors (Lipinski definition) is 0. The lowest BCUT2D eigenvalue weighted by Gasteiger charge is -2.20. The molecule has 0 bridgehead atoms. The summed E-state index contributed by atoms with van der Waals surface area (Å²) in [6.45, 7) is 1.21. The predicted octanol–water partition coefficient (Wildman–Crippen LogP) is 3.81. The molecule has 1 aromatic heterocycles. The lowest BCUT2D eigenvalue weighted by molar-refractivity contribution is -0.384. The topological polar surface area (TPSA) is 79.6 Å². The van der Waals surface area contributed by atoms with Gasteiger partial charge in [-0.2, -0.15) is 0 Å². The van der Waals surface area contributed by atoms with Crippen LogP contribution in [0.25, 0.3) is 16.3 Å². The SMILES string of the molecule is CN(C)CCN(C(=O)/C=C\c1ccc([N+](=O)[O-])cc1)c1nc2ccccc2s1. The van der Waals surface area contributed by atoms with Gasteiger partial charge in [-0.3, -0.25) is 19.8 Å². The van der Waals surface area contributed by atoms with E-state index < -0.39 is 4.92 Å². The van der Waals surface area contributed by atoms with Crippen LogP contribution < -0.4 is 4.90 Å². The van der Waals surface area contributed by atoms with Crippen molar-refractivity contribution >= 4 is 44.4 Å². The highest BCUT2D eigenvalue weighted by atomic mass is 32.1. The van der Waals surface area contributed by atoms with Gasteiger partial charge in [0.1, 0.15) is 0 Å². The summed E-state index contributed by atoms with van der Waals surface area (Å²) in [6.07, 6.45) is 3.13. The van der Waals surface area contributed by atoms with E-state index in [1.54, 1.807) is 23.1 Å². The van der Waals surface area contributed by atoms with Gasteiger partial charge < -0.3 is 4.90 Å². The number of nitrogens with zero attached hydrogens (tertiary/aromatic N) is 4. The van der Waals surface area contributed by atoms with Gasteiger partial charge in [-0.25, -0.2) is 4.98 Å². The van der Waals surface area contributed by atoms with Gasteiger partial charge in [0.15, 0.2) is 5.13 Å². The lowest BCUT2D eigenvalue weighted by atomic mass is 10.2. The second-order valence-corrected chi connectivity index (χ2v) is 7.45. The van der Waals surface area contributed by atoms with Crippen LogP contribution in [0.4, 0.5) is 10.8 Å². The summed E-state index contributed by atoms with van der Waals surface area (Å²) in [6, 6.07) is 13.8. The Balaban J connectivity index is 1.82. The van der Waals surface area contributed by atoms with Gasteiger partial charge in [-0.05, 0) is 50.0 Å². The van der Waals surface area contributed by atoms with Crippen molar-refractivity contribution in [3.05, 3.63) is 70.3 Å². The number of carbonyl (C=O) groups is 1. The molecule has 3 rings (SSSR count). The predicted molar refractivity (Wildman–Crippen MR) is 113 cm³/mol. The number of thiazole rings is 1. The van der Waals surface area contributed by atoms with Crippen molar-refractivity contribution in [1.29, 1.82) is 0 Å². The zero-order valence-corrected chi connectivity index (χ0v) is 16.4. The fraction of sp³-hybridized carbons (Fsp3) is 0.200. The van der Waals surface area contributed by atoms with E-state index in [9.17, 15) is 14.9 Å². The summed E-state index contributed by atoms with van der Waals surface area (Å²) in [4.78, 5) is 31.4. The van der Waals surface area contributed by atoms with Crippen molar-refractivity contribution in [3.8, 4) is 0 Å². The fourth-order valence-corrected chi connectivity index (χ4v) is 3.54. The number of nitro benzene ring substituents is 1. The van der Waals surface area contributed by atoms with Crippen molar-refractivity contribution < 1.29 is 9.72 Å². The Morgan fingerprint density at radius 2 is 1.86 bits per heavy atom. The number of fused-ring (bicyclic) bond motifs is 1. The van der Waals surface area contributed by atoms with E-state index in [1.807, 2.05) is 43.3 Å². The Morgan fingerprint density at radius 3 is 2.50 bits per heavy atom. The number of anilines is 1. The van der Waals surface area contributed by atoms with Crippen molar-refractivity contribution in [2.45, 2.75) is 0 Å². The van der Waals surface area contributed by atoms with Gasteiger partial charge >= 0.3 is 0 Å². The molecule has 0 N–H and O–H groups in total. The van der Waals surface area contributed by atoms with Crippen LogP contribution in [0.2, 0.25) is 0 Å². The molecule has 0 aliphatic carbocycles. The van der Waals surface area contributed by atoms with Crippen molar-refractivity contribution in [3.63, 3.8) is 0 Å². The molecular weight excluding hydrogens is 376 g/mol. The smallest absolute Gasteiger partial charge is 0.269 e. The van der Waals surface area contributed by atoms with E-state index in [1.165, 1.54) is 29.5 Å². The van der Waals surface area contributed by atoms with E-state index in [0.29, 0.717) is 18.2 Å². The maximum Gasteiger partial charge on any atom is 0.269 e. The Hall–Kier alpha value is -3.10. The van der Waals surface area contributed by atoms with Crippen LogP contribution in [0.15, 0.2) is 54.6 Å². The van der Waals surface area contributed by atoms with Crippen LogP contribution in [0.1, 0.15) is 5.56 Å². The molecule has 8 heteroatoms. The molecule has 1 heterocycles. The first-order valence-corrected chi connectivity index (χ1v) is 9.50. The van der Waals surface area contributed by atoms with Crippen LogP contribution in [0.3, 0.4) is 0 Å². The Kier molecular flexibility index (Phi) is 6.13. The van der Waals surface area contributed by atoms with Crippen molar-refractivity contribution in [1.82, 2.24) is 9.88 Å². The van der Waals surface area contributed by atoms with E-state index >= 15 is 0 Å². The molecular formula is C20H20N4O3S. The number of carbonyl (C=O) groups excluding carboxylic acids is 1. The maximum atomic E-state index is 12.9. The van der Waals surface area contributed by atoms with Crippen LogP contribution in [-0.2, 0) is 4.79 Å². The first kappa shape index (κ1) is 19.7. The standard InChI is InChI=1S/C20H20N4O3S/c1-22(2)13-14-23(20-21-17-5-3-4-6-18(17)28-20)19(25)12-9-15-7-10-16(11-8-15)24(26)27/h3-12H,13-14H2,1-2H3/b12-9-. The van der Waals surface area contributed by atoms with Gasteiger partial charge in [0.25, 0.3) is 11.6 Å². The van der Waals surface area contributed by atoms with Crippen molar-refractivity contribution in [2.24, 2.45) is 0 Å². The first-order valence-electron chi connectivity index (χ1n) is 8.68. The summed E-state index contributed by atoms with van der Waals surface area (Å²) in [7, 11) is 3.90. The number of benzene rings is 2. The molecule has 0 aliphatic heterocycles. The summed E-state index contributed by atoms with van der Waals surface area (Å²) >= 11 is 1.48. The van der Waals surface area contributed by atoms with Gasteiger partial charge in [0, 0.05) is 31.3 Å². The molecule has 2 aromatic carbocycles. The Morgan fingerprint density at radius 1 is 1.14 bits per heavy atom. The van der Waals surface area contributed by atoms with Gasteiger partial charge in [0.2, 0.25) is 0 Å². The van der Waals surface area contributed by atoms with Crippen LogP contribution in [-0.4, -0.2) is 47.9 Å². The van der Waals surface area contributed by atoms with E-state index in [0.717, 1.165) is 15.8 Å². The quantitative estimate of drug-likeness (QED) is 0.345. The highest BCUT2D eigenvalue weighted by Gasteiger charge is 2.18. The monoisotopic (exact) mass is 396 g/mol. The van der Waals surface area contributed by atoms with Gasteiger partial charge in [-0.1, -0.05) is 23.5 Å². The molecule has 7 nitrogen and oxygen atoms in total. The summed E-state index contributed by atoms with van der Waals surface area (Å²) in [5, 5.41) is 11.4. The molecule has 0 saturated carbocycles. The molecule has 0 unspecified atom stereocenters. The average Bonchev–Trinajstić information content (AvgIpc) is 3.10. The minimum Gasteiger partial charge on any atom is -0.308 e. The van der Waals surface area contributed by atoms with Crippen LogP contribution >= 0.6 is 11.3 Å². The first-order chi connectivity index (χ1) is 13.4. The third-order valence-corrected chi connectivity index (χ3v) is 5.13. The Labute approximate surface area is 166 Å². The number of hydrogen-bond acceptors (Lipinski definition) is 6. The van der Waals surface area contributed by atoms with Gasteiger partial charge in [-0.15, -0.1) is 0 Å². The minimum atomic E-state index is -0.450. The normalized spacial score (nSPS) is 11.4. The zero-order valence-electron chi connectivity index (χ0n) is 15.6. The molecule has 144 valence electrons. The molecule has 3 aromatic rings. The summed E-state index contributed by atoms with van der Waals surface area (Å²) < 4.78 is 1.03. The summed E-state index contributed by atoms with van der Waals surface area (Å²) in [5.74, 6) is -0.181. The van der Waals surface area contributed by atoms with E-state index in [4.69, 9.17) is 0 Å². The molecule has 0 spiro atoms. The zero-order chi connectivity index (χ0) is 20.1. The lowest BCUT2D eigenvalue weighted by Crippen LogP contribution is -2.35. The second-order valence-electron chi connectivity index (χ2n) is 6.44. The van der Waals surface area contributed by atoms with Gasteiger partial charge in [0.05, 0.1) is 15.1 Å². The summed E-state index contributed by atoms with van der Waals surface area (Å²) in [5.41, 5.74) is 1.60. The number of nitro groups is 1. The molecule has 0 atom stereocenters. The molecule has 28 heavy (non-hydrogen) atoms. The second kappa shape index (κ2) is 8.73.